The SMILES string of the molecule is O=C(CN1CCCC(O)C1)NCCc1cccc(Cl)c1. The molecular weight excluding hydrogens is 276 g/mol. The Labute approximate surface area is 124 Å². The predicted molar refractivity (Wildman–Crippen MR) is 79.8 cm³/mol. The third-order valence-electron chi connectivity index (χ3n) is 3.47. The predicted octanol–water partition coefficient (Wildman–Crippen LogP) is 1.46. The molecule has 1 heterocycles. The third-order valence-corrected chi connectivity index (χ3v) is 3.71. The molecule has 5 heteroatoms. The molecule has 110 valence electrons. The van der Waals surface area contributed by atoms with Gasteiger partial charge in [0.05, 0.1) is 12.6 Å². The van der Waals surface area contributed by atoms with Crippen molar-refractivity contribution in [3.05, 3.63) is 34.9 Å². The molecule has 0 saturated carbocycles. The third kappa shape index (κ3) is 5.12. The highest BCUT2D eigenvalue weighted by Gasteiger charge is 2.19. The highest BCUT2D eigenvalue weighted by Crippen LogP contribution is 2.11. The van der Waals surface area contributed by atoms with Crippen LogP contribution in [-0.4, -0.2) is 48.2 Å². The van der Waals surface area contributed by atoms with Crippen LogP contribution in [-0.2, 0) is 11.2 Å². The molecule has 1 atom stereocenters. The maximum Gasteiger partial charge on any atom is 0.234 e. The summed E-state index contributed by atoms with van der Waals surface area (Å²) in [6.45, 7) is 2.46. The Morgan fingerprint density at radius 3 is 3.10 bits per heavy atom. The average Bonchev–Trinajstić information content (AvgIpc) is 2.38. The largest absolute Gasteiger partial charge is 0.392 e. The number of likely N-dealkylation sites (tertiary alicyclic amines) is 1. The number of rotatable bonds is 5. The molecule has 0 aromatic heterocycles. The monoisotopic (exact) mass is 296 g/mol. The molecule has 1 fully saturated rings. The van der Waals surface area contributed by atoms with Crippen LogP contribution < -0.4 is 5.32 Å². The van der Waals surface area contributed by atoms with E-state index in [-0.39, 0.29) is 12.0 Å². The minimum absolute atomic E-state index is 0.0149. The van der Waals surface area contributed by atoms with Crippen molar-refractivity contribution in [2.24, 2.45) is 0 Å². The van der Waals surface area contributed by atoms with Gasteiger partial charge in [-0.05, 0) is 43.5 Å². The Balaban J connectivity index is 1.67. The van der Waals surface area contributed by atoms with E-state index in [1.54, 1.807) is 0 Å². The second-order valence-corrected chi connectivity index (χ2v) is 5.70. The van der Waals surface area contributed by atoms with Gasteiger partial charge in [-0.3, -0.25) is 9.69 Å². The van der Waals surface area contributed by atoms with Gasteiger partial charge >= 0.3 is 0 Å². The molecule has 1 unspecified atom stereocenters. The molecule has 0 aliphatic carbocycles. The second-order valence-electron chi connectivity index (χ2n) is 5.26. The molecule has 20 heavy (non-hydrogen) atoms. The molecule has 1 saturated heterocycles. The van der Waals surface area contributed by atoms with Crippen LogP contribution in [0.4, 0.5) is 0 Å². The van der Waals surface area contributed by atoms with E-state index in [1.165, 1.54) is 0 Å². The lowest BCUT2D eigenvalue weighted by atomic mass is 10.1. The summed E-state index contributed by atoms with van der Waals surface area (Å²) in [5.41, 5.74) is 1.12. The number of aliphatic hydroxyl groups excluding tert-OH is 1. The highest BCUT2D eigenvalue weighted by molar-refractivity contribution is 6.30. The van der Waals surface area contributed by atoms with E-state index in [4.69, 9.17) is 11.6 Å². The summed E-state index contributed by atoms with van der Waals surface area (Å²) in [4.78, 5) is 13.8. The molecule has 1 aromatic rings. The number of aliphatic hydroxyl groups is 1. The second kappa shape index (κ2) is 7.62. The number of halogens is 1. The van der Waals surface area contributed by atoms with E-state index in [0.29, 0.717) is 19.6 Å². The summed E-state index contributed by atoms with van der Waals surface area (Å²) in [7, 11) is 0. The molecule has 1 amide bonds. The van der Waals surface area contributed by atoms with E-state index >= 15 is 0 Å². The minimum Gasteiger partial charge on any atom is -0.392 e. The first-order valence-corrected chi connectivity index (χ1v) is 7.43. The summed E-state index contributed by atoms with van der Waals surface area (Å²) in [6, 6.07) is 7.66. The van der Waals surface area contributed by atoms with Gasteiger partial charge in [0.15, 0.2) is 0 Å². The summed E-state index contributed by atoms with van der Waals surface area (Å²) in [5.74, 6) is 0.0149. The summed E-state index contributed by atoms with van der Waals surface area (Å²) >= 11 is 5.91. The Bertz CT molecular complexity index is 453. The number of carbonyl (C=O) groups is 1. The van der Waals surface area contributed by atoms with Crippen molar-refractivity contribution < 1.29 is 9.90 Å². The van der Waals surface area contributed by atoms with E-state index in [2.05, 4.69) is 5.32 Å². The number of carbonyl (C=O) groups excluding carboxylic acids is 1. The molecule has 2 N–H and O–H groups in total. The lowest BCUT2D eigenvalue weighted by Crippen LogP contribution is -2.44. The van der Waals surface area contributed by atoms with Crippen molar-refractivity contribution in [2.75, 3.05) is 26.2 Å². The maximum atomic E-state index is 11.8. The fourth-order valence-corrected chi connectivity index (χ4v) is 2.69. The Morgan fingerprint density at radius 2 is 2.35 bits per heavy atom. The number of hydrogen-bond acceptors (Lipinski definition) is 3. The van der Waals surface area contributed by atoms with Gasteiger partial charge in [-0.25, -0.2) is 0 Å². The number of hydrogen-bond donors (Lipinski definition) is 2. The van der Waals surface area contributed by atoms with Crippen LogP contribution in [0.2, 0.25) is 5.02 Å². The van der Waals surface area contributed by atoms with Crippen LogP contribution in [0.1, 0.15) is 18.4 Å². The molecule has 1 aliphatic rings. The number of benzene rings is 1. The topological polar surface area (TPSA) is 52.6 Å². The van der Waals surface area contributed by atoms with Crippen LogP contribution >= 0.6 is 11.6 Å². The number of piperidine rings is 1. The zero-order valence-corrected chi connectivity index (χ0v) is 12.3. The summed E-state index contributed by atoms with van der Waals surface area (Å²) < 4.78 is 0. The molecular formula is C15H21ClN2O2. The fourth-order valence-electron chi connectivity index (χ4n) is 2.47. The quantitative estimate of drug-likeness (QED) is 0.865. The average molecular weight is 297 g/mol. The standard InChI is InChI=1S/C15H21ClN2O2/c16-13-4-1-3-12(9-13)6-7-17-15(20)11-18-8-2-5-14(19)10-18/h1,3-4,9,14,19H,2,5-8,10-11H2,(H,17,20). The summed E-state index contributed by atoms with van der Waals surface area (Å²) in [5, 5.41) is 13.2. The zero-order chi connectivity index (χ0) is 14.4. The molecule has 0 spiro atoms. The molecule has 4 nitrogen and oxygen atoms in total. The van der Waals surface area contributed by atoms with Crippen molar-refractivity contribution in [3.63, 3.8) is 0 Å². The van der Waals surface area contributed by atoms with Gasteiger partial charge in [-0.2, -0.15) is 0 Å². The zero-order valence-electron chi connectivity index (χ0n) is 11.5. The van der Waals surface area contributed by atoms with Gasteiger partial charge < -0.3 is 10.4 Å². The van der Waals surface area contributed by atoms with E-state index in [1.807, 2.05) is 29.2 Å². The van der Waals surface area contributed by atoms with Crippen molar-refractivity contribution in [3.8, 4) is 0 Å². The molecule has 1 aromatic carbocycles. The molecule has 0 bridgehead atoms. The lowest BCUT2D eigenvalue weighted by molar-refractivity contribution is -0.122. The van der Waals surface area contributed by atoms with Crippen molar-refractivity contribution in [1.29, 1.82) is 0 Å². The number of amides is 1. The number of nitrogens with one attached hydrogen (secondary N) is 1. The van der Waals surface area contributed by atoms with Gasteiger partial charge in [-0.1, -0.05) is 23.7 Å². The van der Waals surface area contributed by atoms with Gasteiger partial charge in [-0.15, -0.1) is 0 Å². The van der Waals surface area contributed by atoms with Gasteiger partial charge in [0, 0.05) is 18.1 Å². The van der Waals surface area contributed by atoms with Crippen molar-refractivity contribution >= 4 is 17.5 Å². The minimum atomic E-state index is -0.289. The van der Waals surface area contributed by atoms with Crippen molar-refractivity contribution in [1.82, 2.24) is 10.2 Å². The van der Waals surface area contributed by atoms with Gasteiger partial charge in [0.2, 0.25) is 5.91 Å². The summed E-state index contributed by atoms with van der Waals surface area (Å²) in [6.07, 6.45) is 2.28. The number of nitrogens with zero attached hydrogens (tertiary/aromatic N) is 1. The number of β-amino-alcohol motifs (C(OH)–C–C–N with tert-alkyl or cyclic N) is 1. The molecule has 0 radical (unpaired) electrons. The lowest BCUT2D eigenvalue weighted by Gasteiger charge is -2.29. The van der Waals surface area contributed by atoms with Crippen LogP contribution in [0.3, 0.4) is 0 Å². The smallest absolute Gasteiger partial charge is 0.234 e. The molecule has 1 aliphatic heterocycles. The van der Waals surface area contributed by atoms with E-state index in [9.17, 15) is 9.90 Å². The van der Waals surface area contributed by atoms with Crippen LogP contribution in [0.25, 0.3) is 0 Å². The first-order chi connectivity index (χ1) is 9.63. The Morgan fingerprint density at radius 1 is 1.50 bits per heavy atom. The van der Waals surface area contributed by atoms with E-state index in [0.717, 1.165) is 36.4 Å². The van der Waals surface area contributed by atoms with Crippen LogP contribution in [0, 0.1) is 0 Å². The van der Waals surface area contributed by atoms with E-state index < -0.39 is 0 Å². The highest BCUT2D eigenvalue weighted by atomic mass is 35.5. The van der Waals surface area contributed by atoms with Crippen LogP contribution in [0.5, 0.6) is 0 Å². The maximum absolute atomic E-state index is 11.8. The Hall–Kier alpha value is -1.10. The fraction of sp³-hybridized carbons (Fsp3) is 0.533. The van der Waals surface area contributed by atoms with Crippen LogP contribution in [0.15, 0.2) is 24.3 Å². The Kier molecular flexibility index (Phi) is 5.83. The molecule has 2 rings (SSSR count). The normalized spacial score (nSPS) is 19.8. The first kappa shape index (κ1) is 15.3. The van der Waals surface area contributed by atoms with Gasteiger partial charge in [0.1, 0.15) is 0 Å². The van der Waals surface area contributed by atoms with Crippen molar-refractivity contribution in [2.45, 2.75) is 25.4 Å². The van der Waals surface area contributed by atoms with Gasteiger partial charge in [0.25, 0.3) is 0 Å². The first-order valence-electron chi connectivity index (χ1n) is 7.05.